The second-order valence-corrected chi connectivity index (χ2v) is 3.03. The highest BCUT2D eigenvalue weighted by atomic mass is 16.3. The number of Topliss-reactive ketones (excluding diaryl/α,β-unsaturated/α-hetero) is 1. The van der Waals surface area contributed by atoms with Crippen molar-refractivity contribution in [2.75, 3.05) is 13.2 Å². The number of hydrogen-bond acceptors (Lipinski definition) is 3. The number of aliphatic hydroxyl groups is 1. The summed E-state index contributed by atoms with van der Waals surface area (Å²) in [6.45, 7) is 6.67. The zero-order chi connectivity index (χ0) is 9.07. The van der Waals surface area contributed by atoms with Crippen LogP contribution in [0.15, 0.2) is 12.2 Å². The summed E-state index contributed by atoms with van der Waals surface area (Å²) >= 11 is 0. The van der Waals surface area contributed by atoms with Crippen molar-refractivity contribution < 1.29 is 9.90 Å². The van der Waals surface area contributed by atoms with Gasteiger partial charge in [0.1, 0.15) is 0 Å². The largest absolute Gasteiger partial charge is 0.395 e. The molecule has 3 heteroatoms. The van der Waals surface area contributed by atoms with Crippen LogP contribution in [0.25, 0.3) is 0 Å². The van der Waals surface area contributed by atoms with Gasteiger partial charge in [0.15, 0.2) is 5.78 Å². The first-order chi connectivity index (χ1) is 4.98. The van der Waals surface area contributed by atoms with Crippen molar-refractivity contribution in [2.24, 2.45) is 11.1 Å². The molecule has 0 aromatic heterocycles. The van der Waals surface area contributed by atoms with Crippen molar-refractivity contribution in [3.8, 4) is 0 Å². The minimum Gasteiger partial charge on any atom is -0.395 e. The van der Waals surface area contributed by atoms with E-state index < -0.39 is 5.41 Å². The Balaban J connectivity index is 4.50. The van der Waals surface area contributed by atoms with Crippen molar-refractivity contribution >= 4 is 5.78 Å². The first-order valence-electron chi connectivity index (χ1n) is 3.49. The van der Waals surface area contributed by atoms with E-state index in [-0.39, 0.29) is 18.9 Å². The molecule has 0 saturated heterocycles. The third-order valence-corrected chi connectivity index (χ3v) is 1.74. The maximum atomic E-state index is 11.3. The van der Waals surface area contributed by atoms with Crippen LogP contribution in [0.1, 0.15) is 13.8 Å². The van der Waals surface area contributed by atoms with Crippen LogP contribution < -0.4 is 5.73 Å². The molecule has 0 spiro atoms. The van der Waals surface area contributed by atoms with Gasteiger partial charge in [0.2, 0.25) is 0 Å². The number of rotatable bonds is 4. The molecule has 1 atom stereocenters. The van der Waals surface area contributed by atoms with Gasteiger partial charge in [-0.05, 0) is 19.4 Å². The standard InChI is InChI=1S/C8H15NO2/c1-6(2)7(11)8(3,4-9)5-10/h10H,1,4-5,9H2,2-3H3. The third kappa shape index (κ3) is 2.13. The lowest BCUT2D eigenvalue weighted by atomic mass is 9.84. The summed E-state index contributed by atoms with van der Waals surface area (Å²) in [5.41, 5.74) is 4.93. The molecule has 0 saturated carbocycles. The number of allylic oxidation sites excluding steroid dienone is 1. The summed E-state index contributed by atoms with van der Waals surface area (Å²) in [7, 11) is 0. The average Bonchev–Trinajstić information content (AvgIpc) is 2.01. The fraction of sp³-hybridized carbons (Fsp3) is 0.625. The van der Waals surface area contributed by atoms with Crippen LogP contribution in [-0.4, -0.2) is 24.0 Å². The van der Waals surface area contributed by atoms with E-state index in [2.05, 4.69) is 6.58 Å². The van der Waals surface area contributed by atoms with Crippen molar-refractivity contribution in [3.63, 3.8) is 0 Å². The lowest BCUT2D eigenvalue weighted by Gasteiger charge is -2.23. The number of ketones is 1. The Morgan fingerprint density at radius 2 is 2.18 bits per heavy atom. The SMILES string of the molecule is C=C(C)C(=O)C(C)(CN)CO. The van der Waals surface area contributed by atoms with Gasteiger partial charge >= 0.3 is 0 Å². The Hall–Kier alpha value is -0.670. The normalized spacial score (nSPS) is 15.6. The Bertz CT molecular complexity index is 171. The zero-order valence-corrected chi connectivity index (χ0v) is 7.05. The predicted molar refractivity (Wildman–Crippen MR) is 44.1 cm³/mol. The van der Waals surface area contributed by atoms with E-state index in [9.17, 15) is 4.79 Å². The second-order valence-electron chi connectivity index (χ2n) is 3.03. The maximum absolute atomic E-state index is 11.3. The molecule has 0 fully saturated rings. The summed E-state index contributed by atoms with van der Waals surface area (Å²) < 4.78 is 0. The van der Waals surface area contributed by atoms with E-state index in [1.807, 2.05) is 0 Å². The highest BCUT2D eigenvalue weighted by Crippen LogP contribution is 2.18. The summed E-state index contributed by atoms with van der Waals surface area (Å²) in [6, 6.07) is 0. The molecule has 0 aliphatic carbocycles. The van der Waals surface area contributed by atoms with Crippen LogP contribution in [0.2, 0.25) is 0 Å². The van der Waals surface area contributed by atoms with E-state index >= 15 is 0 Å². The van der Waals surface area contributed by atoms with Crippen LogP contribution in [-0.2, 0) is 4.79 Å². The number of carbonyl (C=O) groups is 1. The fourth-order valence-corrected chi connectivity index (χ4v) is 0.744. The molecule has 0 aromatic carbocycles. The Kier molecular flexibility index (Phi) is 3.42. The molecule has 0 aromatic rings. The van der Waals surface area contributed by atoms with Crippen LogP contribution in [0.4, 0.5) is 0 Å². The van der Waals surface area contributed by atoms with Crippen LogP contribution in [0.5, 0.6) is 0 Å². The zero-order valence-electron chi connectivity index (χ0n) is 7.05. The Labute approximate surface area is 66.9 Å². The van der Waals surface area contributed by atoms with Gasteiger partial charge in [-0.1, -0.05) is 6.58 Å². The lowest BCUT2D eigenvalue weighted by Crippen LogP contribution is -2.39. The van der Waals surface area contributed by atoms with Crippen molar-refractivity contribution in [3.05, 3.63) is 12.2 Å². The third-order valence-electron chi connectivity index (χ3n) is 1.74. The summed E-state index contributed by atoms with van der Waals surface area (Å²) in [6.07, 6.45) is 0. The van der Waals surface area contributed by atoms with Gasteiger partial charge in [-0.25, -0.2) is 0 Å². The molecule has 3 nitrogen and oxygen atoms in total. The minimum atomic E-state index is -0.841. The number of carbonyl (C=O) groups excluding carboxylic acids is 1. The molecule has 0 aliphatic heterocycles. The highest BCUT2D eigenvalue weighted by Gasteiger charge is 2.30. The molecule has 1 unspecified atom stereocenters. The predicted octanol–water partition coefficient (Wildman–Crippen LogP) is 0.0889. The van der Waals surface area contributed by atoms with Gasteiger partial charge in [-0.3, -0.25) is 4.79 Å². The molecular weight excluding hydrogens is 142 g/mol. The van der Waals surface area contributed by atoms with Crippen LogP contribution in [0, 0.1) is 5.41 Å². The maximum Gasteiger partial charge on any atom is 0.167 e. The highest BCUT2D eigenvalue weighted by molar-refractivity contribution is 5.98. The Morgan fingerprint density at radius 3 is 2.27 bits per heavy atom. The lowest BCUT2D eigenvalue weighted by molar-refractivity contribution is -0.125. The molecule has 3 N–H and O–H groups in total. The molecule has 0 heterocycles. The molecule has 11 heavy (non-hydrogen) atoms. The number of hydrogen-bond donors (Lipinski definition) is 2. The van der Waals surface area contributed by atoms with Gasteiger partial charge in [0.05, 0.1) is 12.0 Å². The average molecular weight is 157 g/mol. The van der Waals surface area contributed by atoms with E-state index in [0.717, 1.165) is 0 Å². The number of nitrogens with two attached hydrogens (primary N) is 1. The smallest absolute Gasteiger partial charge is 0.167 e. The fourth-order valence-electron chi connectivity index (χ4n) is 0.744. The first-order valence-corrected chi connectivity index (χ1v) is 3.49. The molecule has 0 aliphatic rings. The van der Waals surface area contributed by atoms with Gasteiger partial charge in [0.25, 0.3) is 0 Å². The molecular formula is C8H15NO2. The quantitative estimate of drug-likeness (QED) is 0.568. The van der Waals surface area contributed by atoms with E-state index in [1.54, 1.807) is 13.8 Å². The summed E-state index contributed by atoms with van der Waals surface area (Å²) in [5.74, 6) is -0.164. The van der Waals surface area contributed by atoms with Crippen LogP contribution in [0.3, 0.4) is 0 Å². The van der Waals surface area contributed by atoms with Gasteiger partial charge in [0, 0.05) is 6.54 Å². The Morgan fingerprint density at radius 1 is 1.73 bits per heavy atom. The van der Waals surface area contributed by atoms with E-state index in [0.29, 0.717) is 5.57 Å². The van der Waals surface area contributed by atoms with Crippen molar-refractivity contribution in [1.82, 2.24) is 0 Å². The van der Waals surface area contributed by atoms with Crippen molar-refractivity contribution in [2.45, 2.75) is 13.8 Å². The number of aliphatic hydroxyl groups excluding tert-OH is 1. The summed E-state index contributed by atoms with van der Waals surface area (Å²) in [5, 5.41) is 8.86. The summed E-state index contributed by atoms with van der Waals surface area (Å²) in [4.78, 5) is 11.3. The van der Waals surface area contributed by atoms with Crippen molar-refractivity contribution in [1.29, 1.82) is 0 Å². The molecule has 0 amide bonds. The molecule has 0 rings (SSSR count). The topological polar surface area (TPSA) is 63.3 Å². The van der Waals surface area contributed by atoms with E-state index in [1.165, 1.54) is 0 Å². The van der Waals surface area contributed by atoms with Gasteiger partial charge in [-0.15, -0.1) is 0 Å². The molecule has 64 valence electrons. The van der Waals surface area contributed by atoms with Gasteiger partial charge in [-0.2, -0.15) is 0 Å². The minimum absolute atomic E-state index is 0.148. The first kappa shape index (κ1) is 10.3. The van der Waals surface area contributed by atoms with Crippen LogP contribution >= 0.6 is 0 Å². The van der Waals surface area contributed by atoms with Gasteiger partial charge < -0.3 is 10.8 Å². The molecule has 0 radical (unpaired) electrons. The molecule has 0 bridgehead atoms. The van der Waals surface area contributed by atoms with E-state index in [4.69, 9.17) is 10.8 Å². The monoisotopic (exact) mass is 157 g/mol. The second kappa shape index (κ2) is 3.64.